The van der Waals surface area contributed by atoms with Gasteiger partial charge in [0.05, 0.1) is 12.7 Å². The van der Waals surface area contributed by atoms with Crippen LogP contribution >= 0.6 is 0 Å². The van der Waals surface area contributed by atoms with Crippen molar-refractivity contribution in [3.8, 4) is 34.9 Å². The van der Waals surface area contributed by atoms with Crippen molar-refractivity contribution >= 4 is 11.4 Å². The number of rotatable bonds is 4. The van der Waals surface area contributed by atoms with Gasteiger partial charge in [-0.05, 0) is 31.5 Å². The number of terminal acetylenes is 1. The van der Waals surface area contributed by atoms with Crippen molar-refractivity contribution in [2.45, 2.75) is 20.0 Å². The largest absolute Gasteiger partial charge is 0.494 e. The summed E-state index contributed by atoms with van der Waals surface area (Å²) < 4.78 is 66.3. The van der Waals surface area contributed by atoms with Gasteiger partial charge in [0.25, 0.3) is 5.56 Å². The predicted octanol–water partition coefficient (Wildman–Crippen LogP) is 4.74. The molecule has 0 radical (unpaired) electrons. The third kappa shape index (κ3) is 3.73. The van der Waals surface area contributed by atoms with Crippen LogP contribution in [0.1, 0.15) is 22.8 Å². The minimum absolute atomic E-state index is 0.0323. The maximum atomic E-state index is 13.8. The summed E-state index contributed by atoms with van der Waals surface area (Å²) in [6, 6.07) is 4.40. The average Bonchev–Trinajstić information content (AvgIpc) is 3.34. The molecule has 34 heavy (non-hydrogen) atoms. The van der Waals surface area contributed by atoms with Crippen LogP contribution in [0.15, 0.2) is 39.6 Å². The van der Waals surface area contributed by atoms with Crippen molar-refractivity contribution in [2.24, 2.45) is 0 Å². The summed E-state index contributed by atoms with van der Waals surface area (Å²) in [5.41, 5.74) is -2.46. The van der Waals surface area contributed by atoms with Crippen molar-refractivity contribution in [3.63, 3.8) is 0 Å². The molecule has 3 heterocycles. The van der Waals surface area contributed by atoms with E-state index in [9.17, 15) is 22.4 Å². The van der Waals surface area contributed by atoms with Crippen molar-refractivity contribution in [1.29, 1.82) is 0 Å². The number of methoxy groups -OCH3 is 1. The molecule has 0 bridgehead atoms. The first-order valence-electron chi connectivity index (χ1n) is 9.74. The number of hydrogen-bond donors (Lipinski definition) is 1. The Bertz CT molecular complexity index is 1530. The monoisotopic (exact) mass is 472 g/mol. The number of hydrogen-bond acceptors (Lipinski definition) is 5. The van der Waals surface area contributed by atoms with E-state index >= 15 is 0 Å². The molecule has 0 aliphatic rings. The molecule has 11 heteroatoms. The number of aryl methyl sites for hydroxylation is 2. The van der Waals surface area contributed by atoms with Crippen LogP contribution in [0, 0.1) is 32.0 Å². The Morgan fingerprint density at radius 1 is 1.24 bits per heavy atom. The first-order chi connectivity index (χ1) is 16.1. The van der Waals surface area contributed by atoms with Gasteiger partial charge in [-0.2, -0.15) is 22.8 Å². The van der Waals surface area contributed by atoms with E-state index in [2.05, 4.69) is 21.0 Å². The van der Waals surface area contributed by atoms with Gasteiger partial charge in [0, 0.05) is 11.8 Å². The van der Waals surface area contributed by atoms with Gasteiger partial charge in [0.2, 0.25) is 5.89 Å². The third-order valence-corrected chi connectivity index (χ3v) is 5.05. The van der Waals surface area contributed by atoms with Gasteiger partial charge in [0.15, 0.2) is 11.5 Å². The SMILES string of the molecule is C#C/C=C(/OC)c1nc(-c2c(C)[nH]c3c(-c4ccc(F)cc4)c(C(F)(F)F)nn3c2=O)oc1C. The number of aromatic amines is 1. The Kier molecular flexibility index (Phi) is 5.53. The molecule has 0 spiro atoms. The Morgan fingerprint density at radius 3 is 2.50 bits per heavy atom. The van der Waals surface area contributed by atoms with Crippen molar-refractivity contribution in [3.05, 3.63) is 69.4 Å². The zero-order chi connectivity index (χ0) is 24.8. The summed E-state index contributed by atoms with van der Waals surface area (Å²) in [7, 11) is 1.38. The molecule has 4 aromatic rings. The molecule has 0 atom stereocenters. The van der Waals surface area contributed by atoms with Crippen LogP contribution in [0.25, 0.3) is 34.0 Å². The standard InChI is InChI=1S/C23H16F4N4O3/c1-5-6-15(33-4)18-12(3)34-21(29-18)16-11(2)28-20-17(13-7-9-14(24)10-8-13)19(23(25,26)27)30-31(20)22(16)32/h1,6-10,28H,2-4H3/b15-6+. The molecular formula is C23H16F4N4O3. The van der Waals surface area contributed by atoms with Gasteiger partial charge in [-0.1, -0.05) is 18.1 Å². The molecular weight excluding hydrogens is 456 g/mol. The van der Waals surface area contributed by atoms with Crippen molar-refractivity contribution in [1.82, 2.24) is 19.6 Å². The number of benzene rings is 1. The number of nitrogens with zero attached hydrogens (tertiary/aromatic N) is 3. The molecule has 0 unspecified atom stereocenters. The fourth-order valence-corrected chi connectivity index (χ4v) is 3.56. The highest BCUT2D eigenvalue weighted by molar-refractivity contribution is 5.81. The van der Waals surface area contributed by atoms with Gasteiger partial charge < -0.3 is 14.1 Å². The fraction of sp³-hybridized carbons (Fsp3) is 0.174. The van der Waals surface area contributed by atoms with Crippen LogP contribution in [-0.2, 0) is 10.9 Å². The molecule has 0 amide bonds. The molecule has 1 N–H and O–H groups in total. The van der Waals surface area contributed by atoms with E-state index in [0.29, 0.717) is 4.52 Å². The molecule has 0 saturated heterocycles. The number of allylic oxidation sites excluding steroid dienone is 1. The molecule has 0 fully saturated rings. The maximum Gasteiger partial charge on any atom is 0.435 e. The fourth-order valence-electron chi connectivity index (χ4n) is 3.56. The summed E-state index contributed by atoms with van der Waals surface area (Å²) in [6.07, 6.45) is 1.71. The quantitative estimate of drug-likeness (QED) is 0.264. The molecule has 1 aromatic carbocycles. The van der Waals surface area contributed by atoms with Crippen molar-refractivity contribution < 1.29 is 26.7 Å². The average molecular weight is 472 g/mol. The lowest BCUT2D eigenvalue weighted by Crippen LogP contribution is -2.20. The predicted molar refractivity (Wildman–Crippen MR) is 115 cm³/mol. The van der Waals surface area contributed by atoms with Gasteiger partial charge >= 0.3 is 6.18 Å². The summed E-state index contributed by atoms with van der Waals surface area (Å²) in [4.78, 5) is 20.3. The number of aromatic nitrogens is 4. The highest BCUT2D eigenvalue weighted by Gasteiger charge is 2.39. The smallest absolute Gasteiger partial charge is 0.435 e. The first-order valence-corrected chi connectivity index (χ1v) is 9.74. The Labute approximate surface area is 189 Å². The Morgan fingerprint density at radius 2 is 1.91 bits per heavy atom. The number of ether oxygens (including phenoxy) is 1. The van der Waals surface area contributed by atoms with E-state index in [4.69, 9.17) is 15.6 Å². The zero-order valence-corrected chi connectivity index (χ0v) is 18.0. The lowest BCUT2D eigenvalue weighted by Gasteiger charge is -2.07. The van der Waals surface area contributed by atoms with Crippen LogP contribution in [0.4, 0.5) is 17.6 Å². The minimum atomic E-state index is -4.88. The second kappa shape index (κ2) is 8.22. The number of H-pyrrole nitrogens is 1. The Balaban J connectivity index is 2.01. The summed E-state index contributed by atoms with van der Waals surface area (Å²) >= 11 is 0. The van der Waals surface area contributed by atoms with E-state index in [-0.39, 0.29) is 51.1 Å². The lowest BCUT2D eigenvalue weighted by atomic mass is 10.1. The highest BCUT2D eigenvalue weighted by atomic mass is 19.4. The van der Waals surface area contributed by atoms with Crippen molar-refractivity contribution in [2.75, 3.05) is 7.11 Å². The van der Waals surface area contributed by atoms with Crippen LogP contribution in [0.3, 0.4) is 0 Å². The van der Waals surface area contributed by atoms with Gasteiger partial charge in [-0.3, -0.25) is 4.79 Å². The third-order valence-electron chi connectivity index (χ3n) is 5.05. The van der Waals surface area contributed by atoms with E-state index in [1.54, 1.807) is 6.92 Å². The highest BCUT2D eigenvalue weighted by Crippen LogP contribution is 2.38. The second-order valence-electron chi connectivity index (χ2n) is 7.22. The van der Waals surface area contributed by atoms with Crippen LogP contribution in [0.2, 0.25) is 0 Å². The Hall–Kier alpha value is -4.33. The number of halogens is 4. The second-order valence-corrected chi connectivity index (χ2v) is 7.22. The minimum Gasteiger partial charge on any atom is -0.494 e. The van der Waals surface area contributed by atoms with E-state index in [0.717, 1.165) is 12.1 Å². The summed E-state index contributed by atoms with van der Waals surface area (Å²) in [5.74, 6) is 2.02. The van der Waals surface area contributed by atoms with Gasteiger partial charge in [0.1, 0.15) is 28.5 Å². The van der Waals surface area contributed by atoms with Gasteiger partial charge in [-0.25, -0.2) is 9.37 Å². The zero-order valence-electron chi connectivity index (χ0n) is 18.0. The number of nitrogens with one attached hydrogen (secondary N) is 1. The molecule has 174 valence electrons. The first kappa shape index (κ1) is 22.8. The number of oxazole rings is 1. The van der Waals surface area contributed by atoms with Crippen LogP contribution < -0.4 is 5.56 Å². The summed E-state index contributed by atoms with van der Waals surface area (Å²) in [6.45, 7) is 3.05. The molecule has 0 aliphatic heterocycles. The van der Waals surface area contributed by atoms with E-state index in [1.165, 1.54) is 32.2 Å². The molecule has 0 saturated carbocycles. The normalized spacial score (nSPS) is 12.2. The molecule has 0 aliphatic carbocycles. The summed E-state index contributed by atoms with van der Waals surface area (Å²) in [5, 5.41) is 3.54. The maximum absolute atomic E-state index is 13.8. The number of alkyl halides is 3. The molecule has 7 nitrogen and oxygen atoms in total. The molecule has 3 aromatic heterocycles. The molecule has 4 rings (SSSR count). The van der Waals surface area contributed by atoms with E-state index < -0.39 is 23.2 Å². The van der Waals surface area contributed by atoms with E-state index in [1.807, 2.05) is 0 Å². The van der Waals surface area contributed by atoms with Crippen LogP contribution in [0.5, 0.6) is 0 Å². The van der Waals surface area contributed by atoms with Crippen LogP contribution in [-0.4, -0.2) is 26.7 Å². The topological polar surface area (TPSA) is 85.4 Å². The van der Waals surface area contributed by atoms with Gasteiger partial charge in [-0.15, -0.1) is 6.42 Å². The number of fused-ring (bicyclic) bond motifs is 1. The lowest BCUT2D eigenvalue weighted by molar-refractivity contribution is -0.140.